The molecule has 0 aliphatic carbocycles. The van der Waals surface area contributed by atoms with Crippen LogP contribution in [0.3, 0.4) is 0 Å². The first-order chi connectivity index (χ1) is 10.4. The molecule has 22 heavy (non-hydrogen) atoms. The molecule has 1 N–H and O–H groups in total. The first kappa shape index (κ1) is 17.2. The Balaban J connectivity index is 3.31. The molecule has 1 aromatic rings. The van der Waals surface area contributed by atoms with Crippen LogP contribution in [0.25, 0.3) is 0 Å². The Labute approximate surface area is 126 Å². The fourth-order valence-corrected chi connectivity index (χ4v) is 1.74. The van der Waals surface area contributed by atoms with Gasteiger partial charge in [0.1, 0.15) is 11.3 Å². The van der Waals surface area contributed by atoms with Crippen LogP contribution in [0.1, 0.15) is 22.8 Å². The van der Waals surface area contributed by atoms with E-state index >= 15 is 0 Å². The van der Waals surface area contributed by atoms with Crippen LogP contribution in [0, 0.1) is 0 Å². The number of hydrogen-bond donors (Lipinski definition) is 1. The maximum atomic E-state index is 11.9. The second kappa shape index (κ2) is 7.77. The van der Waals surface area contributed by atoms with Crippen molar-refractivity contribution in [2.24, 2.45) is 5.16 Å². The van der Waals surface area contributed by atoms with Crippen LogP contribution < -0.4 is 4.74 Å². The van der Waals surface area contributed by atoms with Gasteiger partial charge in [-0.15, -0.1) is 0 Å². The maximum Gasteiger partial charge on any atom is 0.356 e. The summed E-state index contributed by atoms with van der Waals surface area (Å²) in [6.07, 6.45) is -0.206. The van der Waals surface area contributed by atoms with Crippen LogP contribution in [0.5, 0.6) is 5.75 Å². The molecule has 0 spiro atoms. The van der Waals surface area contributed by atoms with Gasteiger partial charge in [0.15, 0.2) is 5.71 Å². The van der Waals surface area contributed by atoms with Gasteiger partial charge in [-0.25, -0.2) is 9.59 Å². The molecule has 0 bridgehead atoms. The number of nitrogens with zero attached hydrogens (tertiary/aromatic N) is 1. The second-order valence-electron chi connectivity index (χ2n) is 4.09. The lowest BCUT2D eigenvalue weighted by atomic mass is 10.0. The van der Waals surface area contributed by atoms with Gasteiger partial charge < -0.3 is 19.4 Å². The number of methoxy groups -OCH3 is 2. The van der Waals surface area contributed by atoms with E-state index in [1.807, 2.05) is 0 Å². The highest BCUT2D eigenvalue weighted by Crippen LogP contribution is 2.24. The van der Waals surface area contributed by atoms with E-state index in [-0.39, 0.29) is 29.0 Å². The number of rotatable bonds is 5. The van der Waals surface area contributed by atoms with Crippen LogP contribution in [-0.4, -0.2) is 43.0 Å². The molecular formula is C14H15NO7. The average Bonchev–Trinajstić information content (AvgIpc) is 2.50. The van der Waals surface area contributed by atoms with E-state index in [1.165, 1.54) is 25.1 Å². The number of oxime groups is 1. The third-order valence-electron chi connectivity index (χ3n) is 2.66. The van der Waals surface area contributed by atoms with Crippen molar-refractivity contribution in [3.05, 3.63) is 29.3 Å². The molecule has 118 valence electrons. The van der Waals surface area contributed by atoms with Crippen LogP contribution in [0.2, 0.25) is 0 Å². The molecule has 8 heteroatoms. The molecule has 0 fully saturated rings. The first-order valence-electron chi connectivity index (χ1n) is 6.12. The van der Waals surface area contributed by atoms with Gasteiger partial charge in [0, 0.05) is 13.3 Å². The highest BCUT2D eigenvalue weighted by atomic mass is 16.5. The smallest absolute Gasteiger partial charge is 0.356 e. The SMILES string of the molecule is COC(=O)C(Cc1cccc(OC(C)=O)c1C(=O)OC)=NO. The van der Waals surface area contributed by atoms with Crippen molar-refractivity contribution in [2.75, 3.05) is 14.2 Å². The normalized spacial score (nSPS) is 10.8. The lowest BCUT2D eigenvalue weighted by Crippen LogP contribution is -2.20. The number of carbonyl (C=O) groups excluding carboxylic acids is 3. The van der Waals surface area contributed by atoms with Crippen molar-refractivity contribution in [1.82, 2.24) is 0 Å². The molecule has 0 unspecified atom stereocenters. The number of carbonyl (C=O) groups is 3. The molecule has 1 rings (SSSR count). The Morgan fingerprint density at radius 3 is 2.36 bits per heavy atom. The van der Waals surface area contributed by atoms with Crippen molar-refractivity contribution in [1.29, 1.82) is 0 Å². The van der Waals surface area contributed by atoms with Gasteiger partial charge in [-0.2, -0.15) is 0 Å². The minimum atomic E-state index is -0.851. The van der Waals surface area contributed by atoms with E-state index in [2.05, 4.69) is 14.6 Å². The van der Waals surface area contributed by atoms with Gasteiger partial charge in [0.25, 0.3) is 0 Å². The Bertz CT molecular complexity index is 622. The average molecular weight is 309 g/mol. The van der Waals surface area contributed by atoms with E-state index < -0.39 is 17.9 Å². The summed E-state index contributed by atoms with van der Waals surface area (Å²) >= 11 is 0. The molecule has 0 radical (unpaired) electrons. The molecule has 0 aliphatic rings. The zero-order valence-electron chi connectivity index (χ0n) is 12.3. The fourth-order valence-electron chi connectivity index (χ4n) is 1.74. The molecule has 0 aliphatic heterocycles. The lowest BCUT2D eigenvalue weighted by Gasteiger charge is -2.12. The van der Waals surface area contributed by atoms with Crippen LogP contribution in [-0.2, 0) is 25.5 Å². The standard InChI is InChI=1S/C14H15NO7/c1-8(16)22-11-6-4-5-9(12(11)14(18)21-3)7-10(15-19)13(17)20-2/h4-6,19H,7H2,1-3H3. The largest absolute Gasteiger partial charge is 0.465 e. The van der Waals surface area contributed by atoms with E-state index in [9.17, 15) is 14.4 Å². The van der Waals surface area contributed by atoms with Gasteiger partial charge in [-0.1, -0.05) is 17.3 Å². The summed E-state index contributed by atoms with van der Waals surface area (Å²) in [6.45, 7) is 1.18. The van der Waals surface area contributed by atoms with E-state index in [1.54, 1.807) is 0 Å². The fraction of sp³-hybridized carbons (Fsp3) is 0.286. The van der Waals surface area contributed by atoms with Gasteiger partial charge in [0.2, 0.25) is 0 Å². The monoisotopic (exact) mass is 309 g/mol. The van der Waals surface area contributed by atoms with Crippen molar-refractivity contribution < 1.29 is 33.8 Å². The molecule has 8 nitrogen and oxygen atoms in total. The van der Waals surface area contributed by atoms with Crippen LogP contribution in [0.15, 0.2) is 23.4 Å². The Hall–Kier alpha value is -2.90. The summed E-state index contributed by atoms with van der Waals surface area (Å²) in [7, 11) is 2.29. The van der Waals surface area contributed by atoms with Crippen molar-refractivity contribution in [2.45, 2.75) is 13.3 Å². The van der Waals surface area contributed by atoms with E-state index in [0.29, 0.717) is 0 Å². The predicted molar refractivity (Wildman–Crippen MR) is 74.0 cm³/mol. The maximum absolute atomic E-state index is 11.9. The zero-order valence-corrected chi connectivity index (χ0v) is 12.3. The van der Waals surface area contributed by atoms with Gasteiger partial charge in [-0.3, -0.25) is 4.79 Å². The third kappa shape index (κ3) is 4.05. The summed E-state index contributed by atoms with van der Waals surface area (Å²) in [5, 5.41) is 11.7. The molecule has 0 aromatic heterocycles. The summed E-state index contributed by atoms with van der Waals surface area (Å²) in [5.74, 6) is -2.24. The summed E-state index contributed by atoms with van der Waals surface area (Å²) in [4.78, 5) is 34.5. The van der Waals surface area contributed by atoms with Crippen LogP contribution in [0.4, 0.5) is 0 Å². The number of esters is 3. The highest BCUT2D eigenvalue weighted by molar-refractivity contribution is 6.36. The predicted octanol–water partition coefficient (Wildman–Crippen LogP) is 0.944. The topological polar surface area (TPSA) is 111 Å². The highest BCUT2D eigenvalue weighted by Gasteiger charge is 2.23. The second-order valence-corrected chi connectivity index (χ2v) is 4.09. The van der Waals surface area contributed by atoms with Gasteiger partial charge >= 0.3 is 17.9 Å². The Morgan fingerprint density at radius 1 is 1.18 bits per heavy atom. The number of hydrogen-bond acceptors (Lipinski definition) is 8. The summed E-state index contributed by atoms with van der Waals surface area (Å²) in [5.41, 5.74) is -0.0679. The molecule has 0 amide bonds. The summed E-state index contributed by atoms with van der Waals surface area (Å²) in [6, 6.07) is 4.44. The Kier molecular flexibility index (Phi) is 6.06. The minimum Gasteiger partial charge on any atom is -0.465 e. The quantitative estimate of drug-likeness (QED) is 0.283. The Morgan fingerprint density at radius 2 is 1.86 bits per heavy atom. The molecule has 0 atom stereocenters. The van der Waals surface area contributed by atoms with Gasteiger partial charge in [0.05, 0.1) is 14.2 Å². The zero-order chi connectivity index (χ0) is 16.7. The lowest BCUT2D eigenvalue weighted by molar-refractivity contribution is -0.133. The molecule has 0 saturated carbocycles. The van der Waals surface area contributed by atoms with Crippen molar-refractivity contribution in [3.8, 4) is 5.75 Å². The van der Waals surface area contributed by atoms with E-state index in [0.717, 1.165) is 14.2 Å². The summed E-state index contributed by atoms with van der Waals surface area (Å²) < 4.78 is 14.1. The molecular weight excluding hydrogens is 294 g/mol. The molecule has 0 saturated heterocycles. The van der Waals surface area contributed by atoms with E-state index in [4.69, 9.17) is 9.94 Å². The molecule has 1 aromatic carbocycles. The molecule has 0 heterocycles. The van der Waals surface area contributed by atoms with Crippen LogP contribution >= 0.6 is 0 Å². The minimum absolute atomic E-state index is 0.0148. The number of benzene rings is 1. The van der Waals surface area contributed by atoms with Crippen molar-refractivity contribution in [3.63, 3.8) is 0 Å². The van der Waals surface area contributed by atoms with Crippen molar-refractivity contribution >= 4 is 23.6 Å². The van der Waals surface area contributed by atoms with Gasteiger partial charge in [-0.05, 0) is 11.6 Å². The number of ether oxygens (including phenoxy) is 3. The third-order valence-corrected chi connectivity index (χ3v) is 2.66. The first-order valence-corrected chi connectivity index (χ1v) is 6.12.